The molecule has 140 valence electrons. The summed E-state index contributed by atoms with van der Waals surface area (Å²) < 4.78 is 21.6. The van der Waals surface area contributed by atoms with Crippen molar-refractivity contribution in [3.05, 3.63) is 82.9 Å². The number of thioether (sulfide) groups is 1. The number of allylic oxidation sites excluding steroid dienone is 1. The number of halogens is 2. The number of aryl methyl sites for hydroxylation is 1. The van der Waals surface area contributed by atoms with Crippen molar-refractivity contribution in [3.8, 4) is 5.75 Å². The fraction of sp³-hybridized carbons (Fsp3) is 0.200. The molecular weight excluding hydrogens is 385 g/mol. The normalized spacial score (nSPS) is 10.8. The Balaban J connectivity index is 1.71. The zero-order chi connectivity index (χ0) is 19.2. The summed E-state index contributed by atoms with van der Waals surface area (Å²) in [6.07, 6.45) is 1.77. The highest BCUT2D eigenvalue weighted by atomic mass is 35.5. The maximum absolute atomic E-state index is 13.8. The quantitative estimate of drug-likeness (QED) is 0.371. The average Bonchev–Trinajstić information content (AvgIpc) is 3.04. The topological polar surface area (TPSA) is 39.9 Å². The van der Waals surface area contributed by atoms with E-state index in [1.165, 1.54) is 17.8 Å². The summed E-state index contributed by atoms with van der Waals surface area (Å²) in [5, 5.41) is 9.85. The fourth-order valence-electron chi connectivity index (χ4n) is 2.46. The second-order valence-electron chi connectivity index (χ2n) is 5.88. The van der Waals surface area contributed by atoms with Gasteiger partial charge >= 0.3 is 0 Å². The number of ether oxygens (including phenoxy) is 1. The monoisotopic (exact) mass is 403 g/mol. The Bertz CT molecular complexity index is 945. The predicted octanol–water partition coefficient (Wildman–Crippen LogP) is 5.44. The Morgan fingerprint density at radius 1 is 1.26 bits per heavy atom. The van der Waals surface area contributed by atoms with Crippen molar-refractivity contribution in [3.63, 3.8) is 0 Å². The summed E-state index contributed by atoms with van der Waals surface area (Å²) in [6.45, 7) is 6.52. The van der Waals surface area contributed by atoms with E-state index < -0.39 is 0 Å². The number of benzene rings is 2. The minimum absolute atomic E-state index is 0.221. The minimum Gasteiger partial charge on any atom is -0.486 e. The van der Waals surface area contributed by atoms with E-state index in [2.05, 4.69) is 16.8 Å². The van der Waals surface area contributed by atoms with Crippen LogP contribution in [0.4, 0.5) is 4.39 Å². The fourth-order valence-corrected chi connectivity index (χ4v) is 3.53. The van der Waals surface area contributed by atoms with Crippen LogP contribution in [0.5, 0.6) is 5.75 Å². The maximum atomic E-state index is 13.8. The summed E-state index contributed by atoms with van der Waals surface area (Å²) in [5.41, 5.74) is 1.58. The first kappa shape index (κ1) is 19.5. The average molecular weight is 404 g/mol. The Labute approximate surface area is 167 Å². The van der Waals surface area contributed by atoms with Gasteiger partial charge < -0.3 is 4.74 Å². The molecule has 0 atom stereocenters. The molecule has 0 N–H and O–H groups in total. The lowest BCUT2D eigenvalue weighted by atomic mass is 10.2. The van der Waals surface area contributed by atoms with E-state index in [0.29, 0.717) is 39.6 Å². The number of rotatable bonds is 8. The van der Waals surface area contributed by atoms with Gasteiger partial charge in [-0.05, 0) is 42.3 Å². The van der Waals surface area contributed by atoms with Gasteiger partial charge in [0.25, 0.3) is 0 Å². The zero-order valence-corrected chi connectivity index (χ0v) is 16.4. The lowest BCUT2D eigenvalue weighted by Crippen LogP contribution is -2.07. The van der Waals surface area contributed by atoms with Gasteiger partial charge in [-0.15, -0.1) is 16.8 Å². The van der Waals surface area contributed by atoms with Crippen LogP contribution in [0.2, 0.25) is 5.02 Å². The molecule has 4 nitrogen and oxygen atoms in total. The van der Waals surface area contributed by atoms with Crippen molar-refractivity contribution in [1.82, 2.24) is 14.8 Å². The third-order valence-electron chi connectivity index (χ3n) is 3.92. The first-order chi connectivity index (χ1) is 13.1. The van der Waals surface area contributed by atoms with Gasteiger partial charge in [0.15, 0.2) is 11.0 Å². The first-order valence-corrected chi connectivity index (χ1v) is 9.73. The van der Waals surface area contributed by atoms with Crippen LogP contribution in [-0.2, 0) is 18.9 Å². The standard InChI is InChI=1S/C20H19ClFN3OS/c1-3-10-25-19(12-26-16-8-9-17(21)14(2)11-16)23-24-20(25)27-13-15-6-4-5-7-18(15)22/h3-9,11H,1,10,12-13H2,2H3. The Kier molecular flexibility index (Phi) is 6.53. The van der Waals surface area contributed by atoms with Crippen LogP contribution in [0.3, 0.4) is 0 Å². The highest BCUT2D eigenvalue weighted by Gasteiger charge is 2.13. The van der Waals surface area contributed by atoms with E-state index in [9.17, 15) is 4.39 Å². The largest absolute Gasteiger partial charge is 0.486 e. The molecule has 0 aliphatic heterocycles. The van der Waals surface area contributed by atoms with Crippen molar-refractivity contribution < 1.29 is 9.13 Å². The third kappa shape index (κ3) is 4.90. The van der Waals surface area contributed by atoms with Gasteiger partial charge in [0.1, 0.15) is 18.2 Å². The molecule has 7 heteroatoms. The highest BCUT2D eigenvalue weighted by Crippen LogP contribution is 2.25. The highest BCUT2D eigenvalue weighted by molar-refractivity contribution is 7.98. The van der Waals surface area contributed by atoms with Gasteiger partial charge in [-0.3, -0.25) is 4.57 Å². The summed E-state index contributed by atoms with van der Waals surface area (Å²) in [7, 11) is 0. The van der Waals surface area contributed by atoms with Crippen LogP contribution in [0.1, 0.15) is 17.0 Å². The van der Waals surface area contributed by atoms with Crippen LogP contribution in [0, 0.1) is 12.7 Å². The van der Waals surface area contributed by atoms with E-state index >= 15 is 0 Å². The molecule has 0 aliphatic carbocycles. The molecule has 0 saturated carbocycles. The summed E-state index contributed by atoms with van der Waals surface area (Å²) in [5.74, 6) is 1.64. The zero-order valence-electron chi connectivity index (χ0n) is 14.9. The molecule has 0 saturated heterocycles. The molecule has 27 heavy (non-hydrogen) atoms. The Morgan fingerprint density at radius 3 is 2.81 bits per heavy atom. The van der Waals surface area contributed by atoms with Crippen molar-refractivity contribution >= 4 is 23.4 Å². The Morgan fingerprint density at radius 2 is 2.07 bits per heavy atom. The van der Waals surface area contributed by atoms with Gasteiger partial charge in [0, 0.05) is 17.3 Å². The summed E-state index contributed by atoms with van der Waals surface area (Å²) in [6, 6.07) is 12.2. The molecule has 3 aromatic rings. The van der Waals surface area contributed by atoms with E-state index in [4.69, 9.17) is 16.3 Å². The predicted molar refractivity (Wildman–Crippen MR) is 107 cm³/mol. The van der Waals surface area contributed by atoms with Crippen LogP contribution < -0.4 is 4.74 Å². The molecule has 0 aliphatic rings. The van der Waals surface area contributed by atoms with E-state index in [1.54, 1.807) is 24.3 Å². The number of hydrogen-bond donors (Lipinski definition) is 0. The molecule has 1 aromatic heterocycles. The first-order valence-electron chi connectivity index (χ1n) is 8.36. The van der Waals surface area contributed by atoms with Crippen molar-refractivity contribution in [2.45, 2.75) is 31.0 Å². The van der Waals surface area contributed by atoms with Crippen molar-refractivity contribution in [1.29, 1.82) is 0 Å². The molecule has 3 rings (SSSR count). The summed E-state index contributed by atoms with van der Waals surface area (Å²) in [4.78, 5) is 0. The lowest BCUT2D eigenvalue weighted by molar-refractivity contribution is 0.289. The maximum Gasteiger partial charge on any atom is 0.191 e. The number of nitrogens with zero attached hydrogens (tertiary/aromatic N) is 3. The van der Waals surface area contributed by atoms with Crippen LogP contribution >= 0.6 is 23.4 Å². The molecule has 0 amide bonds. The van der Waals surface area contributed by atoms with Gasteiger partial charge in [0.2, 0.25) is 0 Å². The van der Waals surface area contributed by atoms with Gasteiger partial charge in [-0.25, -0.2) is 4.39 Å². The molecule has 0 bridgehead atoms. The molecule has 0 spiro atoms. The van der Waals surface area contributed by atoms with Crippen LogP contribution in [0.25, 0.3) is 0 Å². The van der Waals surface area contributed by atoms with Crippen molar-refractivity contribution in [2.24, 2.45) is 0 Å². The van der Waals surface area contributed by atoms with Gasteiger partial charge in [0.05, 0.1) is 0 Å². The molecule has 0 radical (unpaired) electrons. The SMILES string of the molecule is C=CCn1c(COc2ccc(Cl)c(C)c2)nnc1SCc1ccccc1F. The van der Waals surface area contributed by atoms with Gasteiger partial charge in [-0.2, -0.15) is 0 Å². The second-order valence-corrected chi connectivity index (χ2v) is 7.23. The molecule has 2 aromatic carbocycles. The molecular formula is C20H19ClFN3OS. The Hall–Kier alpha value is -2.31. The minimum atomic E-state index is -0.221. The lowest BCUT2D eigenvalue weighted by Gasteiger charge is -2.10. The second kappa shape index (κ2) is 9.06. The van der Waals surface area contributed by atoms with Crippen LogP contribution in [0.15, 0.2) is 60.3 Å². The van der Waals surface area contributed by atoms with Gasteiger partial charge in [-0.1, -0.05) is 47.6 Å². The molecule has 0 unspecified atom stereocenters. The van der Waals surface area contributed by atoms with E-state index in [1.807, 2.05) is 29.7 Å². The third-order valence-corrected chi connectivity index (χ3v) is 5.36. The molecule has 0 fully saturated rings. The number of aromatic nitrogens is 3. The van der Waals surface area contributed by atoms with Crippen molar-refractivity contribution in [2.75, 3.05) is 0 Å². The van der Waals surface area contributed by atoms with Crippen LogP contribution in [-0.4, -0.2) is 14.8 Å². The smallest absolute Gasteiger partial charge is 0.191 e. The molecule has 1 heterocycles. The number of hydrogen-bond acceptors (Lipinski definition) is 4. The summed E-state index contributed by atoms with van der Waals surface area (Å²) >= 11 is 7.47. The van der Waals surface area contributed by atoms with E-state index in [0.717, 1.165) is 5.56 Å². The van der Waals surface area contributed by atoms with E-state index in [-0.39, 0.29) is 12.4 Å².